The van der Waals surface area contributed by atoms with Crippen molar-refractivity contribution in [3.05, 3.63) is 127 Å². The molecule has 0 bridgehead atoms. The smallest absolute Gasteiger partial charge is 0.204 e. The largest absolute Gasteiger partial charge is 0.251 e. The fourth-order valence-electron chi connectivity index (χ4n) is 6.03. The Hall–Kier alpha value is -4.76. The van der Waals surface area contributed by atoms with Crippen LogP contribution in [0.2, 0.25) is 0 Å². The second-order valence-electron chi connectivity index (χ2n) is 10.1. The lowest BCUT2D eigenvalue weighted by Gasteiger charge is -2.15. The molecule has 3 heteroatoms. The zero-order chi connectivity index (χ0) is 25.8. The van der Waals surface area contributed by atoms with Gasteiger partial charge in [0.2, 0.25) is 6.20 Å². The van der Waals surface area contributed by atoms with Crippen LogP contribution < -0.4 is 4.68 Å². The lowest BCUT2D eigenvalue weighted by Crippen LogP contribution is -2.34. The van der Waals surface area contributed by atoms with E-state index in [1.165, 1.54) is 55.2 Å². The quantitative estimate of drug-likeness (QED) is 0.181. The second kappa shape index (κ2) is 8.67. The van der Waals surface area contributed by atoms with Gasteiger partial charge in [0.05, 0.1) is 5.56 Å². The number of fused-ring (bicyclic) bond motifs is 6. The van der Waals surface area contributed by atoms with Gasteiger partial charge >= 0.3 is 0 Å². The maximum absolute atomic E-state index is 5.03. The van der Waals surface area contributed by atoms with Crippen LogP contribution in [0.25, 0.3) is 60.7 Å². The predicted octanol–water partition coefficient (Wildman–Crippen LogP) is 8.08. The van der Waals surface area contributed by atoms with Crippen LogP contribution in [-0.4, -0.2) is 9.50 Å². The minimum Gasteiger partial charge on any atom is -0.251 e. The molecule has 0 N–H and O–H groups in total. The molecule has 4 aromatic carbocycles. The third-order valence-corrected chi connectivity index (χ3v) is 7.56. The number of nitrogens with zero attached hydrogens (tertiary/aromatic N) is 3. The molecule has 3 heterocycles. The topological polar surface area (TPSA) is 21.2 Å². The standard InChI is InChI=1S/C35H28N3/c1-23-21-24(2)36-33-29-17-10-11-18-30(29)35-31(22-37(3)38(35)34(23)33)32-27(25-13-6-4-7-14-25)19-12-20-28(32)26-15-8-5-9-16-26/h4-22H,1-3H3/q+1. The monoisotopic (exact) mass is 490 g/mol. The molecule has 0 saturated heterocycles. The summed E-state index contributed by atoms with van der Waals surface area (Å²) < 4.78 is 4.57. The van der Waals surface area contributed by atoms with Gasteiger partial charge in [-0.3, -0.25) is 4.98 Å². The molecule has 0 radical (unpaired) electrons. The highest BCUT2D eigenvalue weighted by Gasteiger charge is 2.26. The van der Waals surface area contributed by atoms with Crippen molar-refractivity contribution in [3.8, 4) is 33.4 Å². The average Bonchev–Trinajstić information content (AvgIpc) is 3.30. The molecule has 0 spiro atoms. The summed E-state index contributed by atoms with van der Waals surface area (Å²) in [6.07, 6.45) is 2.29. The summed E-state index contributed by atoms with van der Waals surface area (Å²) in [6, 6.07) is 39.0. The summed E-state index contributed by atoms with van der Waals surface area (Å²) in [5, 5.41) is 2.38. The Morgan fingerprint density at radius 2 is 1.18 bits per heavy atom. The first-order chi connectivity index (χ1) is 18.6. The molecule has 3 nitrogen and oxygen atoms in total. The molecule has 0 unspecified atom stereocenters. The minimum absolute atomic E-state index is 1.04. The number of rotatable bonds is 3. The van der Waals surface area contributed by atoms with Crippen LogP contribution >= 0.6 is 0 Å². The summed E-state index contributed by atoms with van der Waals surface area (Å²) in [7, 11) is 2.14. The van der Waals surface area contributed by atoms with Crippen molar-refractivity contribution in [2.75, 3.05) is 0 Å². The van der Waals surface area contributed by atoms with E-state index < -0.39 is 0 Å². The van der Waals surface area contributed by atoms with Crippen molar-refractivity contribution in [1.29, 1.82) is 0 Å². The molecule has 0 aliphatic heterocycles. The zero-order valence-electron chi connectivity index (χ0n) is 21.8. The first kappa shape index (κ1) is 22.4. The third kappa shape index (κ3) is 3.36. The predicted molar refractivity (Wildman–Crippen MR) is 157 cm³/mol. The van der Waals surface area contributed by atoms with E-state index in [0.717, 1.165) is 16.7 Å². The molecule has 38 heavy (non-hydrogen) atoms. The van der Waals surface area contributed by atoms with Crippen LogP contribution in [0, 0.1) is 13.8 Å². The van der Waals surface area contributed by atoms with Crippen molar-refractivity contribution >= 4 is 27.3 Å². The van der Waals surface area contributed by atoms with Crippen molar-refractivity contribution in [2.45, 2.75) is 13.8 Å². The van der Waals surface area contributed by atoms with Crippen LogP contribution in [0.4, 0.5) is 0 Å². The van der Waals surface area contributed by atoms with E-state index in [-0.39, 0.29) is 0 Å². The summed E-state index contributed by atoms with van der Waals surface area (Å²) >= 11 is 0. The Kier molecular flexibility index (Phi) is 5.12. The van der Waals surface area contributed by atoms with Crippen LogP contribution in [-0.2, 0) is 7.05 Å². The molecule has 0 aliphatic rings. The van der Waals surface area contributed by atoms with Crippen LogP contribution in [0.1, 0.15) is 11.3 Å². The maximum Gasteiger partial charge on any atom is 0.204 e. The highest BCUT2D eigenvalue weighted by Crippen LogP contribution is 2.43. The van der Waals surface area contributed by atoms with Crippen LogP contribution in [0.15, 0.2) is 115 Å². The van der Waals surface area contributed by atoms with Gasteiger partial charge in [-0.2, -0.15) is 0 Å². The normalized spacial score (nSPS) is 11.6. The van der Waals surface area contributed by atoms with Crippen molar-refractivity contribution < 1.29 is 4.68 Å². The fourth-order valence-corrected chi connectivity index (χ4v) is 6.03. The van der Waals surface area contributed by atoms with Gasteiger partial charge in [0, 0.05) is 22.0 Å². The Morgan fingerprint density at radius 3 is 1.82 bits per heavy atom. The first-order valence-corrected chi connectivity index (χ1v) is 13.1. The minimum atomic E-state index is 1.04. The molecule has 0 atom stereocenters. The van der Waals surface area contributed by atoms with Gasteiger partial charge in [0.25, 0.3) is 0 Å². The SMILES string of the molecule is Cc1cc(C)c2c(n1)c1ccccc1c1c(-c3c(-c4ccccc4)cccc3-c3ccccc3)c[n+](C)n12. The third-order valence-electron chi connectivity index (χ3n) is 7.56. The van der Waals surface area contributed by atoms with Gasteiger partial charge in [-0.05, 0) is 47.7 Å². The summed E-state index contributed by atoms with van der Waals surface area (Å²) in [6.45, 7) is 4.27. The van der Waals surface area contributed by atoms with E-state index in [4.69, 9.17) is 4.98 Å². The average molecular weight is 491 g/mol. The second-order valence-corrected chi connectivity index (χ2v) is 10.1. The number of hydrogen-bond donors (Lipinski definition) is 0. The number of benzene rings is 4. The maximum atomic E-state index is 5.03. The molecule has 0 saturated carbocycles. The fraction of sp³-hybridized carbons (Fsp3) is 0.0857. The van der Waals surface area contributed by atoms with Gasteiger partial charge in [0.1, 0.15) is 16.6 Å². The van der Waals surface area contributed by atoms with Crippen LogP contribution in [0.3, 0.4) is 0 Å². The lowest BCUT2D eigenvalue weighted by molar-refractivity contribution is -0.735. The van der Waals surface area contributed by atoms with Gasteiger partial charge in [-0.25, -0.2) is 0 Å². The first-order valence-electron chi connectivity index (χ1n) is 13.1. The van der Waals surface area contributed by atoms with Crippen molar-refractivity contribution in [1.82, 2.24) is 9.50 Å². The van der Waals surface area contributed by atoms with Gasteiger partial charge in [-0.15, -0.1) is 9.20 Å². The Balaban J connectivity index is 1.71. The molecule has 0 amide bonds. The van der Waals surface area contributed by atoms with E-state index in [0.29, 0.717) is 0 Å². The van der Waals surface area contributed by atoms with E-state index in [9.17, 15) is 0 Å². The number of pyridine rings is 2. The molecule has 3 aromatic heterocycles. The van der Waals surface area contributed by atoms with E-state index >= 15 is 0 Å². The Morgan fingerprint density at radius 1 is 0.605 bits per heavy atom. The Bertz CT molecular complexity index is 1930. The van der Waals surface area contributed by atoms with Crippen LogP contribution in [0.5, 0.6) is 0 Å². The molecule has 0 aliphatic carbocycles. The number of hydrogen-bond acceptors (Lipinski definition) is 1. The molecule has 7 rings (SSSR count). The van der Waals surface area contributed by atoms with E-state index in [1.807, 2.05) is 0 Å². The van der Waals surface area contributed by atoms with E-state index in [2.05, 4.69) is 145 Å². The number of aryl methyl sites for hydroxylation is 3. The highest BCUT2D eigenvalue weighted by molar-refractivity contribution is 6.15. The molecular formula is C35H28N3+. The van der Waals surface area contributed by atoms with Gasteiger partial charge < -0.3 is 0 Å². The lowest BCUT2D eigenvalue weighted by atomic mass is 9.87. The van der Waals surface area contributed by atoms with Crippen molar-refractivity contribution in [2.24, 2.45) is 7.05 Å². The van der Waals surface area contributed by atoms with E-state index in [1.54, 1.807) is 0 Å². The molecular weight excluding hydrogens is 462 g/mol. The number of aromatic nitrogens is 3. The molecule has 182 valence electrons. The van der Waals surface area contributed by atoms with Gasteiger partial charge in [-0.1, -0.05) is 103 Å². The van der Waals surface area contributed by atoms with Crippen molar-refractivity contribution in [3.63, 3.8) is 0 Å². The summed E-state index contributed by atoms with van der Waals surface area (Å²) in [4.78, 5) is 5.03. The summed E-state index contributed by atoms with van der Waals surface area (Å²) in [5.74, 6) is 0. The highest BCUT2D eigenvalue weighted by atomic mass is 15.3. The molecule has 7 aromatic rings. The summed E-state index contributed by atoms with van der Waals surface area (Å²) in [5.41, 5.74) is 13.0. The Labute approximate surface area is 222 Å². The molecule has 0 fully saturated rings. The van der Waals surface area contributed by atoms with Gasteiger partial charge in [0.15, 0.2) is 7.05 Å². The zero-order valence-corrected chi connectivity index (χ0v) is 21.8.